The van der Waals surface area contributed by atoms with Crippen LogP contribution in [0.4, 0.5) is 0 Å². The van der Waals surface area contributed by atoms with Crippen LogP contribution in [-0.2, 0) is 5.75 Å². The number of hydrogen-bond donors (Lipinski definition) is 1. The van der Waals surface area contributed by atoms with Crippen molar-refractivity contribution in [2.24, 2.45) is 0 Å². The molecular formula is C15H12N4O2S2. The number of aromatic nitrogens is 4. The Bertz CT molecular complexity index is 930. The Morgan fingerprint density at radius 1 is 1.30 bits per heavy atom. The highest BCUT2D eigenvalue weighted by atomic mass is 32.2. The Labute approximate surface area is 139 Å². The lowest BCUT2D eigenvalue weighted by atomic mass is 10.3. The molecule has 1 N–H and O–H groups in total. The van der Waals surface area contributed by atoms with E-state index in [9.17, 15) is 0 Å². The smallest absolute Gasteiger partial charge is 0.268 e. The van der Waals surface area contributed by atoms with E-state index in [1.807, 2.05) is 35.7 Å². The lowest BCUT2D eigenvalue weighted by Gasteiger charge is -1.96. The highest BCUT2D eigenvalue weighted by molar-refractivity contribution is 7.98. The summed E-state index contributed by atoms with van der Waals surface area (Å²) in [5, 5.41) is 6.80. The molecule has 0 aliphatic rings. The van der Waals surface area contributed by atoms with Gasteiger partial charge in [0.15, 0.2) is 11.0 Å². The minimum absolute atomic E-state index is 0.560. The first kappa shape index (κ1) is 14.3. The van der Waals surface area contributed by atoms with Crippen LogP contribution in [0.3, 0.4) is 0 Å². The van der Waals surface area contributed by atoms with E-state index in [4.69, 9.17) is 9.26 Å². The third-order valence-electron chi connectivity index (χ3n) is 3.21. The first-order valence-electron chi connectivity index (χ1n) is 6.85. The zero-order valence-corrected chi connectivity index (χ0v) is 13.8. The van der Waals surface area contributed by atoms with E-state index in [1.54, 1.807) is 18.4 Å². The Hall–Kier alpha value is -2.32. The summed E-state index contributed by atoms with van der Waals surface area (Å²) < 4.78 is 10.5. The van der Waals surface area contributed by atoms with Crippen LogP contribution in [0.2, 0.25) is 0 Å². The first-order chi connectivity index (χ1) is 11.3. The van der Waals surface area contributed by atoms with Gasteiger partial charge in [-0.25, -0.2) is 4.98 Å². The molecule has 0 radical (unpaired) electrons. The van der Waals surface area contributed by atoms with Gasteiger partial charge in [-0.15, -0.1) is 11.3 Å². The maximum Gasteiger partial charge on any atom is 0.268 e. The molecule has 0 bridgehead atoms. The molecule has 0 aliphatic heterocycles. The lowest BCUT2D eigenvalue weighted by Crippen LogP contribution is -1.84. The van der Waals surface area contributed by atoms with Crippen molar-refractivity contribution >= 4 is 34.1 Å². The van der Waals surface area contributed by atoms with Crippen LogP contribution in [0.5, 0.6) is 5.75 Å². The molecule has 3 heterocycles. The number of thioether (sulfide) groups is 1. The van der Waals surface area contributed by atoms with Crippen LogP contribution in [0.15, 0.2) is 45.4 Å². The van der Waals surface area contributed by atoms with Crippen LogP contribution in [-0.4, -0.2) is 27.2 Å². The van der Waals surface area contributed by atoms with Crippen molar-refractivity contribution in [3.63, 3.8) is 0 Å². The summed E-state index contributed by atoms with van der Waals surface area (Å²) in [5.74, 6) is 2.60. The van der Waals surface area contributed by atoms with Gasteiger partial charge in [-0.2, -0.15) is 4.98 Å². The van der Waals surface area contributed by atoms with E-state index in [0.29, 0.717) is 17.5 Å². The molecule has 0 amide bonds. The topological polar surface area (TPSA) is 76.8 Å². The zero-order valence-electron chi connectivity index (χ0n) is 12.1. The number of ether oxygens (including phenoxy) is 1. The number of aromatic amines is 1. The van der Waals surface area contributed by atoms with Crippen molar-refractivity contribution in [1.82, 2.24) is 20.1 Å². The fourth-order valence-electron chi connectivity index (χ4n) is 2.11. The van der Waals surface area contributed by atoms with Crippen LogP contribution < -0.4 is 4.74 Å². The number of benzene rings is 1. The molecular weight excluding hydrogens is 332 g/mol. The van der Waals surface area contributed by atoms with Gasteiger partial charge in [-0.1, -0.05) is 23.0 Å². The Kier molecular flexibility index (Phi) is 3.76. The van der Waals surface area contributed by atoms with Crippen LogP contribution in [0, 0.1) is 0 Å². The van der Waals surface area contributed by atoms with Crippen molar-refractivity contribution in [3.05, 3.63) is 41.5 Å². The van der Waals surface area contributed by atoms with E-state index >= 15 is 0 Å². The van der Waals surface area contributed by atoms with Gasteiger partial charge < -0.3 is 14.2 Å². The van der Waals surface area contributed by atoms with Crippen LogP contribution in [0.1, 0.15) is 5.82 Å². The molecule has 0 atom stereocenters. The second-order valence-corrected chi connectivity index (χ2v) is 6.62. The third-order valence-corrected chi connectivity index (χ3v) is 4.93. The first-order valence-corrected chi connectivity index (χ1v) is 8.71. The maximum atomic E-state index is 5.28. The number of hydrogen-bond acceptors (Lipinski definition) is 7. The molecule has 4 rings (SSSR count). The van der Waals surface area contributed by atoms with Crippen molar-refractivity contribution in [2.45, 2.75) is 10.9 Å². The molecule has 0 fully saturated rings. The molecule has 4 aromatic rings. The van der Waals surface area contributed by atoms with Gasteiger partial charge in [0, 0.05) is 6.07 Å². The molecule has 23 heavy (non-hydrogen) atoms. The fraction of sp³-hybridized carbons (Fsp3) is 0.133. The molecule has 0 saturated heterocycles. The Balaban J connectivity index is 1.48. The number of H-pyrrole nitrogens is 1. The van der Waals surface area contributed by atoms with Gasteiger partial charge in [0.1, 0.15) is 5.75 Å². The number of nitrogens with one attached hydrogen (secondary N) is 1. The highest BCUT2D eigenvalue weighted by Crippen LogP contribution is 2.26. The summed E-state index contributed by atoms with van der Waals surface area (Å²) in [6.07, 6.45) is 0. The molecule has 1 aromatic carbocycles. The Morgan fingerprint density at radius 2 is 2.26 bits per heavy atom. The van der Waals surface area contributed by atoms with Gasteiger partial charge in [0.05, 0.1) is 28.8 Å². The minimum Gasteiger partial charge on any atom is -0.497 e. The molecule has 0 spiro atoms. The monoisotopic (exact) mass is 344 g/mol. The molecule has 8 heteroatoms. The second-order valence-electron chi connectivity index (χ2n) is 4.71. The average molecular weight is 344 g/mol. The number of fused-ring (bicyclic) bond motifs is 1. The number of nitrogens with zero attached hydrogens (tertiary/aromatic N) is 3. The summed E-state index contributed by atoms with van der Waals surface area (Å²) in [6, 6.07) is 9.67. The highest BCUT2D eigenvalue weighted by Gasteiger charge is 2.11. The summed E-state index contributed by atoms with van der Waals surface area (Å²) in [6.45, 7) is 0. The van der Waals surface area contributed by atoms with Gasteiger partial charge in [-0.3, -0.25) is 0 Å². The summed E-state index contributed by atoms with van der Waals surface area (Å²) in [4.78, 5) is 13.2. The number of rotatable bonds is 5. The van der Waals surface area contributed by atoms with E-state index in [0.717, 1.165) is 26.8 Å². The van der Waals surface area contributed by atoms with Crippen LogP contribution >= 0.6 is 23.1 Å². The molecule has 3 aromatic heterocycles. The molecule has 0 unspecified atom stereocenters. The van der Waals surface area contributed by atoms with Gasteiger partial charge in [0.2, 0.25) is 0 Å². The van der Waals surface area contributed by atoms with Crippen molar-refractivity contribution in [1.29, 1.82) is 0 Å². The van der Waals surface area contributed by atoms with Crippen molar-refractivity contribution < 1.29 is 9.26 Å². The van der Waals surface area contributed by atoms with Gasteiger partial charge >= 0.3 is 0 Å². The van der Waals surface area contributed by atoms with E-state index < -0.39 is 0 Å². The molecule has 0 saturated carbocycles. The summed E-state index contributed by atoms with van der Waals surface area (Å²) in [5.41, 5.74) is 1.85. The SMILES string of the molecule is COc1ccc2nc(SCc3noc(-c4cccs4)n3)[nH]c2c1. The molecule has 6 nitrogen and oxygen atoms in total. The maximum absolute atomic E-state index is 5.28. The number of thiophene rings is 1. The largest absolute Gasteiger partial charge is 0.497 e. The fourth-order valence-corrected chi connectivity index (χ4v) is 3.48. The zero-order chi connectivity index (χ0) is 15.6. The Morgan fingerprint density at radius 3 is 3.09 bits per heavy atom. The predicted octanol–water partition coefficient (Wildman–Crippen LogP) is 3.98. The molecule has 116 valence electrons. The predicted molar refractivity (Wildman–Crippen MR) is 89.8 cm³/mol. The van der Waals surface area contributed by atoms with Crippen molar-refractivity contribution in [2.75, 3.05) is 7.11 Å². The second kappa shape index (κ2) is 6.05. The molecule has 0 aliphatic carbocycles. The van der Waals surface area contributed by atoms with E-state index in [2.05, 4.69) is 20.1 Å². The quantitative estimate of drug-likeness (QED) is 0.552. The van der Waals surface area contributed by atoms with Gasteiger partial charge in [0.25, 0.3) is 5.89 Å². The van der Waals surface area contributed by atoms with Gasteiger partial charge in [-0.05, 0) is 23.6 Å². The number of methoxy groups -OCH3 is 1. The minimum atomic E-state index is 0.560. The van der Waals surface area contributed by atoms with E-state index in [-0.39, 0.29) is 0 Å². The number of imidazole rings is 1. The summed E-state index contributed by atoms with van der Waals surface area (Å²) in [7, 11) is 1.65. The van der Waals surface area contributed by atoms with E-state index in [1.165, 1.54) is 11.8 Å². The van der Waals surface area contributed by atoms with Crippen LogP contribution in [0.25, 0.3) is 21.8 Å². The lowest BCUT2D eigenvalue weighted by molar-refractivity contribution is 0.415. The third kappa shape index (κ3) is 2.95. The normalized spacial score (nSPS) is 11.2. The summed E-state index contributed by atoms with van der Waals surface area (Å²) >= 11 is 3.11. The standard InChI is InChI=1S/C15H12N4O2S2/c1-20-9-4-5-10-11(7-9)17-15(16-10)23-8-13-18-14(21-19-13)12-3-2-6-22-12/h2-7H,8H2,1H3,(H,16,17). The average Bonchev–Trinajstić information content (AvgIpc) is 3.30. The van der Waals surface area contributed by atoms with Crippen molar-refractivity contribution in [3.8, 4) is 16.5 Å².